The number of hydrogen-bond acceptors (Lipinski definition) is 2. The Hall–Kier alpha value is -0.0800. The molecule has 1 rings (SSSR count). The van der Waals surface area contributed by atoms with Crippen molar-refractivity contribution < 1.29 is 5.11 Å². The molecule has 2 heteroatoms. The maximum atomic E-state index is 11.0. The minimum atomic E-state index is -0.174. The van der Waals surface area contributed by atoms with Crippen molar-refractivity contribution in [2.45, 2.75) is 84.8 Å². The predicted molar refractivity (Wildman–Crippen MR) is 83.4 cm³/mol. The van der Waals surface area contributed by atoms with Gasteiger partial charge in [0.25, 0.3) is 0 Å². The topological polar surface area (TPSA) is 23.5 Å². The van der Waals surface area contributed by atoms with E-state index in [0.717, 1.165) is 25.4 Å². The van der Waals surface area contributed by atoms with Crippen molar-refractivity contribution >= 4 is 0 Å². The standard InChI is InChI=1S/C17H35NO/c1-6-14-11-10-12-15(13-14)16(19)17(5,7-2)18(8-3)9-4/h14-16,19H,6-13H2,1-5H3. The largest absolute Gasteiger partial charge is 0.391 e. The summed E-state index contributed by atoms with van der Waals surface area (Å²) in [6.45, 7) is 13.3. The number of aliphatic hydroxyl groups is 1. The zero-order chi connectivity index (χ0) is 14.5. The van der Waals surface area contributed by atoms with Gasteiger partial charge in [0.2, 0.25) is 0 Å². The first-order chi connectivity index (χ1) is 9.03. The van der Waals surface area contributed by atoms with Crippen LogP contribution in [-0.2, 0) is 0 Å². The Labute approximate surface area is 120 Å². The summed E-state index contributed by atoms with van der Waals surface area (Å²) in [7, 11) is 0. The third-order valence-electron chi connectivity index (χ3n) is 5.69. The molecular weight excluding hydrogens is 234 g/mol. The van der Waals surface area contributed by atoms with Gasteiger partial charge in [0, 0.05) is 5.54 Å². The van der Waals surface area contributed by atoms with Crippen LogP contribution in [0.3, 0.4) is 0 Å². The fourth-order valence-electron chi connectivity index (χ4n) is 4.06. The van der Waals surface area contributed by atoms with Crippen molar-refractivity contribution in [1.82, 2.24) is 4.90 Å². The van der Waals surface area contributed by atoms with Crippen LogP contribution in [0.2, 0.25) is 0 Å². The van der Waals surface area contributed by atoms with E-state index in [9.17, 15) is 5.11 Å². The second kappa shape index (κ2) is 7.64. The molecule has 0 radical (unpaired) electrons. The van der Waals surface area contributed by atoms with Crippen LogP contribution >= 0.6 is 0 Å². The summed E-state index contributed by atoms with van der Waals surface area (Å²) >= 11 is 0. The molecule has 1 aliphatic carbocycles. The van der Waals surface area contributed by atoms with Gasteiger partial charge >= 0.3 is 0 Å². The lowest BCUT2D eigenvalue weighted by molar-refractivity contribution is -0.0639. The lowest BCUT2D eigenvalue weighted by Crippen LogP contribution is -2.57. The monoisotopic (exact) mass is 269 g/mol. The molecule has 1 fully saturated rings. The number of nitrogens with zero attached hydrogens (tertiary/aromatic N) is 1. The average Bonchev–Trinajstić information content (AvgIpc) is 2.47. The van der Waals surface area contributed by atoms with Gasteiger partial charge in [-0.25, -0.2) is 0 Å². The minimum Gasteiger partial charge on any atom is -0.391 e. The summed E-state index contributed by atoms with van der Waals surface area (Å²) in [4.78, 5) is 2.45. The van der Waals surface area contributed by atoms with Gasteiger partial charge in [-0.3, -0.25) is 4.90 Å². The van der Waals surface area contributed by atoms with Crippen molar-refractivity contribution in [3.8, 4) is 0 Å². The molecule has 0 saturated heterocycles. The number of likely N-dealkylation sites (N-methyl/N-ethyl adjacent to an activating group) is 1. The fourth-order valence-corrected chi connectivity index (χ4v) is 4.06. The molecule has 0 bridgehead atoms. The van der Waals surface area contributed by atoms with Gasteiger partial charge in [0.15, 0.2) is 0 Å². The van der Waals surface area contributed by atoms with E-state index in [-0.39, 0.29) is 11.6 Å². The van der Waals surface area contributed by atoms with E-state index in [1.165, 1.54) is 32.1 Å². The normalized spacial score (nSPS) is 29.2. The molecule has 4 unspecified atom stereocenters. The van der Waals surface area contributed by atoms with E-state index in [1.807, 2.05) is 0 Å². The Kier molecular flexibility index (Phi) is 6.82. The highest BCUT2D eigenvalue weighted by molar-refractivity contribution is 4.96. The van der Waals surface area contributed by atoms with E-state index in [2.05, 4.69) is 39.5 Å². The van der Waals surface area contributed by atoms with Crippen LogP contribution in [0, 0.1) is 11.8 Å². The molecule has 1 N–H and O–H groups in total. The van der Waals surface area contributed by atoms with E-state index in [1.54, 1.807) is 0 Å². The molecule has 4 atom stereocenters. The van der Waals surface area contributed by atoms with Crippen molar-refractivity contribution in [1.29, 1.82) is 0 Å². The molecule has 0 aromatic heterocycles. The van der Waals surface area contributed by atoms with Crippen LogP contribution in [0.4, 0.5) is 0 Å². The number of hydrogen-bond donors (Lipinski definition) is 1. The van der Waals surface area contributed by atoms with E-state index in [0.29, 0.717) is 5.92 Å². The molecule has 0 amide bonds. The van der Waals surface area contributed by atoms with Gasteiger partial charge in [-0.2, -0.15) is 0 Å². The van der Waals surface area contributed by atoms with Crippen LogP contribution in [-0.4, -0.2) is 34.7 Å². The summed E-state index contributed by atoms with van der Waals surface area (Å²) in [6, 6.07) is 0. The predicted octanol–water partition coefficient (Wildman–Crippen LogP) is 4.07. The third kappa shape index (κ3) is 3.72. The highest BCUT2D eigenvalue weighted by atomic mass is 16.3. The van der Waals surface area contributed by atoms with Gasteiger partial charge in [-0.1, -0.05) is 47.0 Å². The second-order valence-electron chi connectivity index (χ2n) is 6.53. The molecule has 0 spiro atoms. The lowest BCUT2D eigenvalue weighted by atomic mass is 9.72. The SMILES string of the molecule is CCC1CCCC(C(O)C(C)(CC)N(CC)CC)C1. The first-order valence-electron chi connectivity index (χ1n) is 8.46. The van der Waals surface area contributed by atoms with Gasteiger partial charge in [-0.05, 0) is 51.1 Å². The maximum Gasteiger partial charge on any atom is 0.0749 e. The van der Waals surface area contributed by atoms with Gasteiger partial charge in [-0.15, -0.1) is 0 Å². The van der Waals surface area contributed by atoms with Crippen LogP contribution in [0.5, 0.6) is 0 Å². The molecule has 114 valence electrons. The smallest absolute Gasteiger partial charge is 0.0749 e. The molecule has 0 aliphatic heterocycles. The molecule has 0 aromatic carbocycles. The average molecular weight is 269 g/mol. The van der Waals surface area contributed by atoms with Crippen molar-refractivity contribution in [2.75, 3.05) is 13.1 Å². The summed E-state index contributed by atoms with van der Waals surface area (Å²) in [5.41, 5.74) is -0.0518. The van der Waals surface area contributed by atoms with Crippen molar-refractivity contribution in [3.05, 3.63) is 0 Å². The Balaban J connectivity index is 2.79. The Morgan fingerprint density at radius 1 is 1.16 bits per heavy atom. The fraction of sp³-hybridized carbons (Fsp3) is 1.00. The Morgan fingerprint density at radius 2 is 1.79 bits per heavy atom. The summed E-state index contributed by atoms with van der Waals surface area (Å²) in [5, 5.41) is 11.0. The molecule has 0 aromatic rings. The van der Waals surface area contributed by atoms with Crippen LogP contribution in [0.25, 0.3) is 0 Å². The summed E-state index contributed by atoms with van der Waals surface area (Å²) < 4.78 is 0. The van der Waals surface area contributed by atoms with Crippen molar-refractivity contribution in [2.24, 2.45) is 11.8 Å². The molecule has 2 nitrogen and oxygen atoms in total. The quantitative estimate of drug-likeness (QED) is 0.753. The van der Waals surface area contributed by atoms with Gasteiger partial charge in [0.05, 0.1) is 6.10 Å². The number of aliphatic hydroxyl groups excluding tert-OH is 1. The Bertz CT molecular complexity index is 252. The van der Waals surface area contributed by atoms with E-state index >= 15 is 0 Å². The van der Waals surface area contributed by atoms with Gasteiger partial charge in [0.1, 0.15) is 0 Å². The minimum absolute atomic E-state index is 0.0518. The summed E-state index contributed by atoms with van der Waals surface area (Å²) in [5.74, 6) is 1.34. The molecular formula is C17H35NO. The highest BCUT2D eigenvalue weighted by Gasteiger charge is 2.41. The van der Waals surface area contributed by atoms with E-state index < -0.39 is 0 Å². The van der Waals surface area contributed by atoms with E-state index in [4.69, 9.17) is 0 Å². The molecule has 19 heavy (non-hydrogen) atoms. The second-order valence-corrected chi connectivity index (χ2v) is 6.53. The zero-order valence-electron chi connectivity index (χ0n) is 13.8. The Morgan fingerprint density at radius 3 is 2.26 bits per heavy atom. The van der Waals surface area contributed by atoms with Crippen molar-refractivity contribution in [3.63, 3.8) is 0 Å². The van der Waals surface area contributed by atoms with Crippen LogP contribution in [0.1, 0.15) is 73.1 Å². The first-order valence-corrected chi connectivity index (χ1v) is 8.46. The number of rotatable bonds is 7. The lowest BCUT2D eigenvalue weighted by Gasteiger charge is -2.47. The summed E-state index contributed by atoms with van der Waals surface area (Å²) in [6.07, 6.45) is 7.25. The third-order valence-corrected chi connectivity index (χ3v) is 5.69. The molecule has 1 saturated carbocycles. The zero-order valence-corrected chi connectivity index (χ0v) is 13.8. The molecule has 0 heterocycles. The maximum absolute atomic E-state index is 11.0. The van der Waals surface area contributed by atoms with Crippen LogP contribution < -0.4 is 0 Å². The first kappa shape index (κ1) is 17.0. The van der Waals surface area contributed by atoms with Gasteiger partial charge < -0.3 is 5.11 Å². The highest BCUT2D eigenvalue weighted by Crippen LogP contribution is 2.38. The molecule has 1 aliphatic rings. The van der Waals surface area contributed by atoms with Crippen LogP contribution in [0.15, 0.2) is 0 Å².